The highest BCUT2D eigenvalue weighted by atomic mass is 16.5. The summed E-state index contributed by atoms with van der Waals surface area (Å²) in [5, 5.41) is 3.62. The molecule has 4 rings (SSSR count). The maximum atomic E-state index is 13.1. The zero-order valence-electron chi connectivity index (χ0n) is 15.2. The van der Waals surface area contributed by atoms with Crippen molar-refractivity contribution in [1.29, 1.82) is 0 Å². The number of fused-ring (bicyclic) bond motifs is 1. The van der Waals surface area contributed by atoms with E-state index in [1.54, 1.807) is 31.4 Å². The molecule has 138 valence electrons. The summed E-state index contributed by atoms with van der Waals surface area (Å²) in [6.45, 7) is 0. The van der Waals surface area contributed by atoms with E-state index in [2.05, 4.69) is 10.3 Å². The fourth-order valence-corrected chi connectivity index (χ4v) is 3.23. The summed E-state index contributed by atoms with van der Waals surface area (Å²) in [6.07, 6.45) is 0. The number of ether oxygens (including phenoxy) is 1. The minimum atomic E-state index is -0.462. The molecule has 2 N–H and O–H groups in total. The lowest BCUT2D eigenvalue weighted by Gasteiger charge is -2.13. The van der Waals surface area contributed by atoms with Crippen LogP contribution in [0.2, 0.25) is 0 Å². The van der Waals surface area contributed by atoms with Gasteiger partial charge in [-0.1, -0.05) is 48.5 Å². The first-order chi connectivity index (χ1) is 13.7. The molecule has 5 heteroatoms. The maximum Gasteiger partial charge on any atom is 0.261 e. The van der Waals surface area contributed by atoms with Crippen LogP contribution in [0, 0.1) is 0 Å². The Morgan fingerprint density at radius 2 is 1.57 bits per heavy atom. The van der Waals surface area contributed by atoms with Gasteiger partial charge in [0.05, 0.1) is 7.11 Å². The highest BCUT2D eigenvalue weighted by Crippen LogP contribution is 2.30. The first-order valence-corrected chi connectivity index (χ1v) is 8.83. The first kappa shape index (κ1) is 17.5. The minimum Gasteiger partial charge on any atom is -0.497 e. The molecule has 3 aromatic carbocycles. The van der Waals surface area contributed by atoms with E-state index in [9.17, 15) is 9.59 Å². The number of rotatable bonds is 4. The summed E-state index contributed by atoms with van der Waals surface area (Å²) >= 11 is 0. The molecule has 4 aromatic rings. The standard InChI is InChI=1S/C23H18N2O3/c1-28-17-13-11-16(12-14-17)24-22(26)21-20(15-7-3-2-4-8-15)18-9-5-6-10-19(18)25-23(21)27/h2-14H,1H3,(H,24,26)(H,25,27). The number of anilines is 1. The number of carbonyl (C=O) groups excluding carboxylic acids is 1. The number of benzene rings is 3. The molecule has 0 saturated carbocycles. The van der Waals surface area contributed by atoms with Gasteiger partial charge in [-0.3, -0.25) is 9.59 Å². The van der Waals surface area contributed by atoms with Crippen molar-refractivity contribution < 1.29 is 9.53 Å². The second-order valence-corrected chi connectivity index (χ2v) is 6.30. The topological polar surface area (TPSA) is 71.2 Å². The molecule has 0 aliphatic rings. The number of aromatic amines is 1. The molecule has 0 fully saturated rings. The lowest BCUT2D eigenvalue weighted by Crippen LogP contribution is -2.24. The van der Waals surface area contributed by atoms with Crippen molar-refractivity contribution in [1.82, 2.24) is 4.98 Å². The van der Waals surface area contributed by atoms with E-state index in [1.165, 1.54) is 0 Å². The normalized spacial score (nSPS) is 10.6. The molecule has 0 aliphatic carbocycles. The number of hydrogen-bond donors (Lipinski definition) is 2. The van der Waals surface area contributed by atoms with Crippen LogP contribution in [0.25, 0.3) is 22.0 Å². The van der Waals surface area contributed by atoms with Gasteiger partial charge in [0.15, 0.2) is 0 Å². The number of carbonyl (C=O) groups is 1. The number of pyridine rings is 1. The molecular weight excluding hydrogens is 352 g/mol. The summed E-state index contributed by atoms with van der Waals surface area (Å²) in [6, 6.07) is 23.9. The lowest BCUT2D eigenvalue weighted by molar-refractivity contribution is 0.102. The molecule has 1 heterocycles. The monoisotopic (exact) mass is 370 g/mol. The highest BCUT2D eigenvalue weighted by Gasteiger charge is 2.20. The SMILES string of the molecule is COc1ccc(NC(=O)c2c(-c3ccccc3)c3ccccc3[nH]c2=O)cc1. The molecule has 0 saturated heterocycles. The Hall–Kier alpha value is -3.86. The molecule has 0 spiro atoms. The first-order valence-electron chi connectivity index (χ1n) is 8.83. The molecule has 1 amide bonds. The number of hydrogen-bond acceptors (Lipinski definition) is 3. The Balaban J connectivity index is 1.86. The van der Waals surface area contributed by atoms with Crippen LogP contribution in [-0.4, -0.2) is 18.0 Å². The van der Waals surface area contributed by atoms with E-state index in [1.807, 2.05) is 54.6 Å². The molecule has 0 bridgehead atoms. The zero-order chi connectivity index (χ0) is 19.5. The van der Waals surface area contributed by atoms with Crippen molar-refractivity contribution in [2.45, 2.75) is 0 Å². The van der Waals surface area contributed by atoms with Gasteiger partial charge in [-0.15, -0.1) is 0 Å². The fourth-order valence-electron chi connectivity index (χ4n) is 3.23. The summed E-state index contributed by atoms with van der Waals surface area (Å²) < 4.78 is 5.14. The molecule has 1 aromatic heterocycles. The molecule has 0 atom stereocenters. The number of methoxy groups -OCH3 is 1. The van der Waals surface area contributed by atoms with E-state index < -0.39 is 11.5 Å². The van der Waals surface area contributed by atoms with E-state index in [4.69, 9.17) is 4.74 Å². The molecule has 0 unspecified atom stereocenters. The zero-order valence-corrected chi connectivity index (χ0v) is 15.2. The number of H-pyrrole nitrogens is 1. The number of para-hydroxylation sites is 1. The molecule has 5 nitrogen and oxygen atoms in total. The van der Waals surface area contributed by atoms with Crippen LogP contribution in [-0.2, 0) is 0 Å². The summed E-state index contributed by atoms with van der Waals surface area (Å²) in [7, 11) is 1.58. The summed E-state index contributed by atoms with van der Waals surface area (Å²) in [5.74, 6) is 0.225. The Bertz CT molecular complexity index is 1200. The molecule has 0 radical (unpaired) electrons. The van der Waals surface area contributed by atoms with Crippen molar-refractivity contribution in [3.05, 3.63) is 94.8 Å². The van der Waals surface area contributed by atoms with E-state index in [0.717, 1.165) is 10.9 Å². The van der Waals surface area contributed by atoms with Gasteiger partial charge in [-0.05, 0) is 35.9 Å². The Kier molecular flexibility index (Phi) is 4.64. The van der Waals surface area contributed by atoms with Crippen LogP contribution in [0.3, 0.4) is 0 Å². The van der Waals surface area contributed by atoms with Gasteiger partial charge in [0.1, 0.15) is 11.3 Å². The van der Waals surface area contributed by atoms with E-state index >= 15 is 0 Å². The van der Waals surface area contributed by atoms with Crippen molar-refractivity contribution in [3.8, 4) is 16.9 Å². The second-order valence-electron chi connectivity index (χ2n) is 6.30. The Morgan fingerprint density at radius 3 is 2.29 bits per heavy atom. The lowest BCUT2D eigenvalue weighted by atomic mass is 9.95. The van der Waals surface area contributed by atoms with E-state index in [0.29, 0.717) is 22.5 Å². The van der Waals surface area contributed by atoms with Gasteiger partial charge in [0.2, 0.25) is 0 Å². The highest BCUT2D eigenvalue weighted by molar-refractivity contribution is 6.13. The van der Waals surface area contributed by atoms with Crippen LogP contribution in [0.4, 0.5) is 5.69 Å². The van der Waals surface area contributed by atoms with Crippen LogP contribution < -0.4 is 15.6 Å². The van der Waals surface area contributed by atoms with Crippen molar-refractivity contribution in [2.24, 2.45) is 0 Å². The van der Waals surface area contributed by atoms with E-state index in [-0.39, 0.29) is 5.56 Å². The van der Waals surface area contributed by atoms with Crippen LogP contribution in [0.1, 0.15) is 10.4 Å². The Labute approximate surface area is 161 Å². The summed E-state index contributed by atoms with van der Waals surface area (Å²) in [4.78, 5) is 28.7. The molecule has 28 heavy (non-hydrogen) atoms. The minimum absolute atomic E-state index is 0.0840. The van der Waals surface area contributed by atoms with Crippen molar-refractivity contribution in [2.75, 3.05) is 12.4 Å². The largest absolute Gasteiger partial charge is 0.497 e. The quantitative estimate of drug-likeness (QED) is 0.557. The summed E-state index contributed by atoms with van der Waals surface area (Å²) in [5.41, 5.74) is 2.35. The van der Waals surface area contributed by atoms with Gasteiger partial charge in [0, 0.05) is 22.2 Å². The predicted octanol–water partition coefficient (Wildman–Crippen LogP) is 4.46. The number of aromatic nitrogens is 1. The van der Waals surface area contributed by atoms with Crippen LogP contribution >= 0.6 is 0 Å². The van der Waals surface area contributed by atoms with Crippen molar-refractivity contribution in [3.63, 3.8) is 0 Å². The number of nitrogens with one attached hydrogen (secondary N) is 2. The van der Waals surface area contributed by atoms with Crippen LogP contribution in [0.15, 0.2) is 83.7 Å². The van der Waals surface area contributed by atoms with Gasteiger partial charge < -0.3 is 15.0 Å². The average molecular weight is 370 g/mol. The van der Waals surface area contributed by atoms with Gasteiger partial charge in [0.25, 0.3) is 11.5 Å². The van der Waals surface area contributed by atoms with Crippen LogP contribution in [0.5, 0.6) is 5.75 Å². The van der Waals surface area contributed by atoms with Gasteiger partial charge in [-0.2, -0.15) is 0 Å². The maximum absolute atomic E-state index is 13.1. The molecular formula is C23H18N2O3. The van der Waals surface area contributed by atoms with Gasteiger partial charge >= 0.3 is 0 Å². The second kappa shape index (κ2) is 7.40. The third-order valence-electron chi connectivity index (χ3n) is 4.56. The number of amides is 1. The smallest absolute Gasteiger partial charge is 0.261 e. The third-order valence-corrected chi connectivity index (χ3v) is 4.56. The third kappa shape index (κ3) is 3.25. The predicted molar refractivity (Wildman–Crippen MR) is 111 cm³/mol. The van der Waals surface area contributed by atoms with Crippen molar-refractivity contribution >= 4 is 22.5 Å². The fraction of sp³-hybridized carbons (Fsp3) is 0.0435. The average Bonchev–Trinajstić information content (AvgIpc) is 2.74. The molecule has 0 aliphatic heterocycles. The Morgan fingerprint density at radius 1 is 0.893 bits per heavy atom. The van der Waals surface area contributed by atoms with Gasteiger partial charge in [-0.25, -0.2) is 0 Å².